The third-order valence-electron chi connectivity index (χ3n) is 5.12. The Morgan fingerprint density at radius 1 is 1.05 bits per heavy atom. The first-order valence-corrected chi connectivity index (χ1v) is 8.19. The van der Waals surface area contributed by atoms with E-state index in [1.165, 1.54) is 31.4 Å². The summed E-state index contributed by atoms with van der Waals surface area (Å²) in [5.41, 5.74) is 1.02. The zero-order chi connectivity index (χ0) is 14.9. The Bertz CT molecular complexity index is 508. The van der Waals surface area contributed by atoms with Crippen LogP contribution in [0.2, 0.25) is 0 Å². The van der Waals surface area contributed by atoms with Crippen molar-refractivity contribution in [2.45, 2.75) is 57.4 Å². The van der Waals surface area contributed by atoms with E-state index in [1.807, 2.05) is 13.0 Å². The molecule has 0 unspecified atom stereocenters. The van der Waals surface area contributed by atoms with Crippen molar-refractivity contribution in [3.8, 4) is 0 Å². The van der Waals surface area contributed by atoms with Crippen LogP contribution in [0.4, 0.5) is 4.39 Å². The SMILES string of the molecule is Cc1cc(F)cc(C(=O)C2(N3CCCCC3)CCCC2)c1. The van der Waals surface area contributed by atoms with Crippen molar-refractivity contribution in [3.63, 3.8) is 0 Å². The Labute approximate surface area is 126 Å². The van der Waals surface area contributed by atoms with Gasteiger partial charge in [0.15, 0.2) is 5.78 Å². The normalized spacial score (nSPS) is 22.4. The van der Waals surface area contributed by atoms with Gasteiger partial charge in [-0.2, -0.15) is 0 Å². The highest BCUT2D eigenvalue weighted by Gasteiger charge is 2.46. The molecule has 2 nitrogen and oxygen atoms in total. The molecule has 1 saturated heterocycles. The van der Waals surface area contributed by atoms with Crippen LogP contribution in [0, 0.1) is 12.7 Å². The van der Waals surface area contributed by atoms with E-state index in [0.717, 1.165) is 44.3 Å². The van der Waals surface area contributed by atoms with E-state index in [2.05, 4.69) is 4.90 Å². The Hall–Kier alpha value is -1.22. The molecular formula is C18H24FNO. The van der Waals surface area contributed by atoms with Gasteiger partial charge in [-0.05, 0) is 69.5 Å². The van der Waals surface area contributed by atoms with Crippen LogP contribution in [0.1, 0.15) is 60.9 Å². The van der Waals surface area contributed by atoms with Crippen LogP contribution in [0.5, 0.6) is 0 Å². The van der Waals surface area contributed by atoms with Gasteiger partial charge in [0.25, 0.3) is 0 Å². The molecule has 0 atom stereocenters. The second kappa shape index (κ2) is 5.88. The van der Waals surface area contributed by atoms with Crippen molar-refractivity contribution in [1.29, 1.82) is 0 Å². The predicted molar refractivity (Wildman–Crippen MR) is 82.1 cm³/mol. The molecule has 0 spiro atoms. The number of rotatable bonds is 3. The lowest BCUT2D eigenvalue weighted by Crippen LogP contribution is -2.54. The van der Waals surface area contributed by atoms with Gasteiger partial charge >= 0.3 is 0 Å². The molecule has 1 aliphatic heterocycles. The van der Waals surface area contributed by atoms with E-state index < -0.39 is 0 Å². The van der Waals surface area contributed by atoms with Crippen LogP contribution >= 0.6 is 0 Å². The van der Waals surface area contributed by atoms with Crippen LogP contribution in [-0.2, 0) is 0 Å². The number of likely N-dealkylation sites (tertiary alicyclic amines) is 1. The van der Waals surface area contributed by atoms with Gasteiger partial charge < -0.3 is 0 Å². The maximum absolute atomic E-state index is 13.7. The molecule has 0 aromatic heterocycles. The van der Waals surface area contributed by atoms with Crippen molar-refractivity contribution >= 4 is 5.78 Å². The molecule has 0 amide bonds. The largest absolute Gasteiger partial charge is 0.292 e. The highest BCUT2D eigenvalue weighted by atomic mass is 19.1. The second-order valence-corrected chi connectivity index (χ2v) is 6.63. The van der Waals surface area contributed by atoms with Crippen LogP contribution in [0.15, 0.2) is 18.2 Å². The molecule has 1 heterocycles. The highest BCUT2D eigenvalue weighted by molar-refractivity contribution is 6.03. The van der Waals surface area contributed by atoms with Crippen LogP contribution < -0.4 is 0 Å². The van der Waals surface area contributed by atoms with Crippen LogP contribution in [0.3, 0.4) is 0 Å². The van der Waals surface area contributed by atoms with E-state index in [9.17, 15) is 9.18 Å². The maximum Gasteiger partial charge on any atom is 0.183 e. The summed E-state index contributed by atoms with van der Waals surface area (Å²) >= 11 is 0. The molecular weight excluding hydrogens is 265 g/mol. The number of hydrogen-bond acceptors (Lipinski definition) is 2. The van der Waals surface area contributed by atoms with Gasteiger partial charge in [0.05, 0.1) is 5.54 Å². The second-order valence-electron chi connectivity index (χ2n) is 6.63. The van der Waals surface area contributed by atoms with Gasteiger partial charge in [-0.1, -0.05) is 19.3 Å². The maximum atomic E-state index is 13.7. The third-order valence-corrected chi connectivity index (χ3v) is 5.12. The summed E-state index contributed by atoms with van der Waals surface area (Å²) in [5.74, 6) is -0.158. The van der Waals surface area contributed by atoms with Crippen molar-refractivity contribution in [2.75, 3.05) is 13.1 Å². The molecule has 3 heteroatoms. The number of aryl methyl sites for hydroxylation is 1. The molecule has 1 aromatic rings. The molecule has 1 aromatic carbocycles. The lowest BCUT2D eigenvalue weighted by atomic mass is 9.84. The number of carbonyl (C=O) groups is 1. The van der Waals surface area contributed by atoms with Gasteiger partial charge in [0.2, 0.25) is 0 Å². The molecule has 114 valence electrons. The fraction of sp³-hybridized carbons (Fsp3) is 0.611. The first kappa shape index (κ1) is 14.7. The number of hydrogen-bond donors (Lipinski definition) is 0. The number of benzene rings is 1. The Kier molecular flexibility index (Phi) is 4.12. The Morgan fingerprint density at radius 2 is 1.71 bits per heavy atom. The molecule has 0 bridgehead atoms. The quantitative estimate of drug-likeness (QED) is 0.780. The average Bonchev–Trinajstić information content (AvgIpc) is 2.97. The highest BCUT2D eigenvalue weighted by Crippen LogP contribution is 2.39. The van der Waals surface area contributed by atoms with Gasteiger partial charge in [0.1, 0.15) is 5.82 Å². The Morgan fingerprint density at radius 3 is 2.33 bits per heavy atom. The van der Waals surface area contributed by atoms with Crippen molar-refractivity contribution < 1.29 is 9.18 Å². The zero-order valence-electron chi connectivity index (χ0n) is 12.8. The minimum atomic E-state index is -0.360. The van der Waals surface area contributed by atoms with E-state index in [1.54, 1.807) is 0 Å². The van der Waals surface area contributed by atoms with Crippen molar-refractivity contribution in [3.05, 3.63) is 35.1 Å². The summed E-state index contributed by atoms with van der Waals surface area (Å²) in [4.78, 5) is 15.6. The topological polar surface area (TPSA) is 20.3 Å². The summed E-state index contributed by atoms with van der Waals surface area (Å²) in [6, 6.07) is 4.74. The lowest BCUT2D eigenvalue weighted by molar-refractivity contribution is 0.0477. The van der Waals surface area contributed by atoms with Crippen molar-refractivity contribution in [1.82, 2.24) is 4.90 Å². The molecule has 0 N–H and O–H groups in total. The van der Waals surface area contributed by atoms with Crippen LogP contribution in [-0.4, -0.2) is 29.3 Å². The molecule has 2 fully saturated rings. The minimum Gasteiger partial charge on any atom is -0.292 e. The number of ketones is 1. The number of carbonyl (C=O) groups excluding carboxylic acids is 1. The molecule has 1 aliphatic carbocycles. The molecule has 21 heavy (non-hydrogen) atoms. The van der Waals surface area contributed by atoms with E-state index in [0.29, 0.717) is 5.56 Å². The molecule has 3 rings (SSSR count). The summed E-state index contributed by atoms with van der Waals surface area (Å²) in [5, 5.41) is 0. The number of piperidine rings is 1. The van der Waals surface area contributed by atoms with Crippen LogP contribution in [0.25, 0.3) is 0 Å². The fourth-order valence-corrected chi connectivity index (χ4v) is 4.10. The van der Waals surface area contributed by atoms with Gasteiger partial charge in [-0.3, -0.25) is 9.69 Å². The summed E-state index contributed by atoms with van der Waals surface area (Å²) in [7, 11) is 0. The predicted octanol–water partition coefficient (Wildman–Crippen LogP) is 4.12. The summed E-state index contributed by atoms with van der Waals surface area (Å²) < 4.78 is 13.7. The third kappa shape index (κ3) is 2.76. The minimum absolute atomic E-state index is 0.143. The van der Waals surface area contributed by atoms with E-state index >= 15 is 0 Å². The fourth-order valence-electron chi connectivity index (χ4n) is 4.10. The first-order chi connectivity index (χ1) is 10.1. The molecule has 2 aliphatic rings. The average molecular weight is 289 g/mol. The Balaban J connectivity index is 1.94. The lowest BCUT2D eigenvalue weighted by Gasteiger charge is -2.42. The van der Waals surface area contributed by atoms with E-state index in [-0.39, 0.29) is 17.1 Å². The van der Waals surface area contributed by atoms with Crippen molar-refractivity contribution in [2.24, 2.45) is 0 Å². The van der Waals surface area contributed by atoms with Gasteiger partial charge in [-0.25, -0.2) is 4.39 Å². The first-order valence-electron chi connectivity index (χ1n) is 8.19. The smallest absolute Gasteiger partial charge is 0.183 e. The molecule has 0 radical (unpaired) electrons. The van der Waals surface area contributed by atoms with Gasteiger partial charge in [0, 0.05) is 5.56 Å². The van der Waals surface area contributed by atoms with E-state index in [4.69, 9.17) is 0 Å². The summed E-state index contributed by atoms with van der Waals surface area (Å²) in [6.45, 7) is 3.88. The standard InChI is InChI=1S/C18H24FNO/c1-14-11-15(13-16(19)12-14)17(21)18(7-3-4-8-18)20-9-5-2-6-10-20/h11-13H,2-10H2,1H3. The van der Waals surface area contributed by atoms with Gasteiger partial charge in [-0.15, -0.1) is 0 Å². The monoisotopic (exact) mass is 289 g/mol. The number of nitrogens with zero attached hydrogens (tertiary/aromatic N) is 1. The zero-order valence-corrected chi connectivity index (χ0v) is 12.8. The number of Topliss-reactive ketones (excluding diaryl/α,β-unsaturated/α-hetero) is 1. The number of halogens is 1. The summed E-state index contributed by atoms with van der Waals surface area (Å²) in [6.07, 6.45) is 7.70. The molecule has 1 saturated carbocycles.